The van der Waals surface area contributed by atoms with E-state index in [-0.39, 0.29) is 16.7 Å². The molecule has 3 heterocycles. The number of rotatable bonds is 6. The quantitative estimate of drug-likeness (QED) is 0.312. The van der Waals surface area contributed by atoms with Gasteiger partial charge < -0.3 is 14.5 Å². The fourth-order valence-electron chi connectivity index (χ4n) is 4.93. The molecule has 0 unspecified atom stereocenters. The minimum atomic E-state index is -0.647. The molecule has 192 valence electrons. The predicted molar refractivity (Wildman–Crippen MR) is 148 cm³/mol. The van der Waals surface area contributed by atoms with Crippen LogP contribution in [0.1, 0.15) is 21.9 Å². The summed E-state index contributed by atoms with van der Waals surface area (Å²) in [6.07, 6.45) is 0. The van der Waals surface area contributed by atoms with E-state index in [9.17, 15) is 14.4 Å². The summed E-state index contributed by atoms with van der Waals surface area (Å²) in [5, 5.41) is 0.642. The molecule has 7 nitrogen and oxygen atoms in total. The van der Waals surface area contributed by atoms with Gasteiger partial charge in [0.15, 0.2) is 0 Å². The monoisotopic (exact) mass is 564 g/mol. The number of hydrogen-bond acceptors (Lipinski definition) is 7. The topological polar surface area (TPSA) is 88.7 Å². The first kappa shape index (κ1) is 24.8. The molecule has 3 aromatic carbocycles. The van der Waals surface area contributed by atoms with Gasteiger partial charge in [-0.15, -0.1) is 0 Å². The van der Waals surface area contributed by atoms with Crippen LogP contribution >= 0.6 is 34.7 Å². The third-order valence-electron chi connectivity index (χ3n) is 6.69. The zero-order valence-electron chi connectivity index (χ0n) is 20.1. The molecule has 1 fully saturated rings. The van der Waals surface area contributed by atoms with Crippen LogP contribution in [0.15, 0.2) is 82.6 Å². The highest BCUT2D eigenvalue weighted by molar-refractivity contribution is 8.00. The average Bonchev–Trinajstić information content (AvgIpc) is 3.42. The fourth-order valence-corrected chi connectivity index (χ4v) is 7.65. The number of carbonyl (C=O) groups is 2. The number of fused-ring (bicyclic) bond motifs is 2. The first-order valence-electron chi connectivity index (χ1n) is 11.8. The lowest BCUT2D eigenvalue weighted by Gasteiger charge is -2.29. The molecule has 38 heavy (non-hydrogen) atoms. The molecule has 1 N–H and O–H groups in total. The van der Waals surface area contributed by atoms with Crippen molar-refractivity contribution < 1.29 is 19.1 Å². The van der Waals surface area contributed by atoms with Crippen molar-refractivity contribution in [2.24, 2.45) is 5.92 Å². The van der Waals surface area contributed by atoms with Gasteiger partial charge in [-0.05, 0) is 59.7 Å². The summed E-state index contributed by atoms with van der Waals surface area (Å²) in [6.45, 7) is 0.359. The second-order valence-corrected chi connectivity index (χ2v) is 11.6. The molecule has 3 atom stereocenters. The Morgan fingerprint density at radius 1 is 0.947 bits per heavy atom. The number of carbonyl (C=O) groups excluding carboxylic acids is 2. The number of amides is 2. The van der Waals surface area contributed by atoms with Gasteiger partial charge in [-0.3, -0.25) is 14.4 Å². The second kappa shape index (κ2) is 9.98. The SMILES string of the molecule is COc1ccc(N2C(=O)[C@H]3[C@H](c4ccc(OCc5cccc(Cl)c5)cc4)c4sc(=O)[nH]c4S[C@H]3C2=O)cc1. The lowest BCUT2D eigenvalue weighted by molar-refractivity contribution is -0.122. The van der Waals surface area contributed by atoms with Crippen LogP contribution in [-0.2, 0) is 16.2 Å². The van der Waals surface area contributed by atoms with Crippen molar-refractivity contribution >= 4 is 52.2 Å². The van der Waals surface area contributed by atoms with Crippen LogP contribution in [0.25, 0.3) is 0 Å². The summed E-state index contributed by atoms with van der Waals surface area (Å²) in [5.74, 6) is -0.370. The van der Waals surface area contributed by atoms with Gasteiger partial charge in [0.05, 0.1) is 23.7 Å². The highest BCUT2D eigenvalue weighted by Gasteiger charge is 2.56. The first-order valence-corrected chi connectivity index (χ1v) is 13.9. The number of nitrogens with one attached hydrogen (secondary N) is 1. The molecule has 4 aromatic rings. The number of aromatic amines is 1. The van der Waals surface area contributed by atoms with Crippen molar-refractivity contribution in [3.63, 3.8) is 0 Å². The Morgan fingerprint density at radius 2 is 1.68 bits per heavy atom. The summed E-state index contributed by atoms with van der Waals surface area (Å²) in [4.78, 5) is 44.3. The van der Waals surface area contributed by atoms with Gasteiger partial charge in [0, 0.05) is 15.8 Å². The fraction of sp³-hybridized carbons (Fsp3) is 0.179. The van der Waals surface area contributed by atoms with Crippen molar-refractivity contribution in [2.75, 3.05) is 12.0 Å². The van der Waals surface area contributed by atoms with Crippen LogP contribution in [-0.4, -0.2) is 29.2 Å². The number of ether oxygens (including phenoxy) is 2. The van der Waals surface area contributed by atoms with E-state index in [4.69, 9.17) is 21.1 Å². The highest BCUT2D eigenvalue weighted by atomic mass is 35.5. The number of benzene rings is 3. The Morgan fingerprint density at radius 3 is 2.39 bits per heavy atom. The van der Waals surface area contributed by atoms with Gasteiger partial charge in [0.1, 0.15) is 23.4 Å². The Kier molecular flexibility index (Phi) is 6.51. The van der Waals surface area contributed by atoms with Crippen molar-refractivity contribution in [1.29, 1.82) is 0 Å². The van der Waals surface area contributed by atoms with Crippen LogP contribution in [0.4, 0.5) is 5.69 Å². The minimum Gasteiger partial charge on any atom is -0.497 e. The Hall–Kier alpha value is -3.53. The standard InChI is InChI=1S/C28H21ClN2O5S2/c1-35-19-11-7-18(8-12-19)31-26(32)22-21(23-25(30-28(34)38-23)37-24(22)27(31)33)16-5-9-20(10-6-16)36-14-15-3-2-4-17(29)13-15/h2-13,21-22,24H,14H2,1H3,(H,30,34)/t21-,22-,24+/m0/s1. The van der Waals surface area contributed by atoms with Gasteiger partial charge >= 0.3 is 4.87 Å². The molecule has 2 aliphatic heterocycles. The Labute approximate surface area is 231 Å². The number of thioether (sulfide) groups is 1. The van der Waals surface area contributed by atoms with Crippen molar-refractivity contribution in [2.45, 2.75) is 22.8 Å². The number of thiazole rings is 1. The molecule has 1 aromatic heterocycles. The van der Waals surface area contributed by atoms with E-state index in [1.54, 1.807) is 31.4 Å². The van der Waals surface area contributed by atoms with Crippen LogP contribution in [0.5, 0.6) is 11.5 Å². The van der Waals surface area contributed by atoms with Crippen LogP contribution in [0, 0.1) is 5.92 Å². The molecular formula is C28H21ClN2O5S2. The summed E-state index contributed by atoms with van der Waals surface area (Å²) >= 11 is 8.41. The largest absolute Gasteiger partial charge is 0.497 e. The molecule has 2 amide bonds. The van der Waals surface area contributed by atoms with Gasteiger partial charge in [-0.25, -0.2) is 4.90 Å². The Balaban J connectivity index is 1.31. The maximum atomic E-state index is 13.8. The third kappa shape index (κ3) is 4.40. The van der Waals surface area contributed by atoms with E-state index in [0.717, 1.165) is 27.3 Å². The highest BCUT2D eigenvalue weighted by Crippen LogP contribution is 2.53. The molecule has 6 rings (SSSR count). The molecular weight excluding hydrogens is 544 g/mol. The van der Waals surface area contributed by atoms with E-state index in [1.165, 1.54) is 16.7 Å². The van der Waals surface area contributed by atoms with E-state index in [0.29, 0.717) is 33.8 Å². The van der Waals surface area contributed by atoms with Crippen molar-refractivity contribution in [3.8, 4) is 11.5 Å². The zero-order valence-corrected chi connectivity index (χ0v) is 22.4. The number of imide groups is 1. The molecule has 10 heteroatoms. The van der Waals surface area contributed by atoms with E-state index in [2.05, 4.69) is 4.98 Å². The lowest BCUT2D eigenvalue weighted by atomic mass is 9.83. The molecule has 0 radical (unpaired) electrons. The number of H-pyrrole nitrogens is 1. The van der Waals surface area contributed by atoms with Crippen LogP contribution in [0.3, 0.4) is 0 Å². The van der Waals surface area contributed by atoms with E-state index < -0.39 is 17.1 Å². The molecule has 2 aliphatic rings. The summed E-state index contributed by atoms with van der Waals surface area (Å²) in [7, 11) is 1.56. The summed E-state index contributed by atoms with van der Waals surface area (Å²) in [6, 6.07) is 21.8. The zero-order chi connectivity index (χ0) is 26.4. The van der Waals surface area contributed by atoms with Gasteiger partial charge in [0.2, 0.25) is 11.8 Å². The second-order valence-electron chi connectivity index (χ2n) is 8.95. The molecule has 0 aliphatic carbocycles. The summed E-state index contributed by atoms with van der Waals surface area (Å²) < 4.78 is 11.1. The smallest absolute Gasteiger partial charge is 0.305 e. The molecule has 0 saturated carbocycles. The number of nitrogens with zero attached hydrogens (tertiary/aromatic N) is 1. The minimum absolute atomic E-state index is 0.208. The summed E-state index contributed by atoms with van der Waals surface area (Å²) in [5.41, 5.74) is 2.28. The van der Waals surface area contributed by atoms with Gasteiger partial charge in [0.25, 0.3) is 0 Å². The van der Waals surface area contributed by atoms with E-state index in [1.807, 2.05) is 48.5 Å². The van der Waals surface area contributed by atoms with Crippen LogP contribution < -0.4 is 19.2 Å². The normalized spacial score (nSPS) is 20.3. The number of hydrogen-bond donors (Lipinski definition) is 1. The van der Waals surface area contributed by atoms with Gasteiger partial charge in [-0.1, -0.05) is 59.0 Å². The number of aromatic nitrogens is 1. The van der Waals surface area contributed by atoms with Crippen molar-refractivity contribution in [3.05, 3.63) is 103 Å². The molecule has 0 spiro atoms. The maximum Gasteiger partial charge on any atom is 0.305 e. The third-order valence-corrected chi connectivity index (χ3v) is 9.32. The van der Waals surface area contributed by atoms with Crippen LogP contribution in [0.2, 0.25) is 5.02 Å². The van der Waals surface area contributed by atoms with Gasteiger partial charge in [-0.2, -0.15) is 0 Å². The number of halogens is 1. The van der Waals surface area contributed by atoms with Crippen molar-refractivity contribution in [1.82, 2.24) is 4.98 Å². The maximum absolute atomic E-state index is 13.8. The average molecular weight is 565 g/mol. The molecule has 1 saturated heterocycles. The number of anilines is 1. The Bertz CT molecular complexity index is 1580. The number of methoxy groups -OCH3 is 1. The lowest BCUT2D eigenvalue weighted by Crippen LogP contribution is -2.32. The predicted octanol–water partition coefficient (Wildman–Crippen LogP) is 5.47. The first-order chi connectivity index (χ1) is 18.4. The van der Waals surface area contributed by atoms with E-state index >= 15 is 0 Å². The molecule has 0 bridgehead atoms.